The first-order valence-corrected chi connectivity index (χ1v) is 9.57. The van der Waals surface area contributed by atoms with Crippen LogP contribution in [0.15, 0.2) is 53.0 Å². The van der Waals surface area contributed by atoms with Crippen LogP contribution in [0.5, 0.6) is 0 Å². The number of hydrogen-bond donors (Lipinski definition) is 1. The summed E-state index contributed by atoms with van der Waals surface area (Å²) in [5, 5.41) is 1.38. The first-order valence-electron chi connectivity index (χ1n) is 8.78. The molecule has 1 fully saturated rings. The minimum absolute atomic E-state index is 0.573. The number of H-pyrrole nitrogens is 1. The quantitative estimate of drug-likeness (QED) is 0.620. The Labute approximate surface area is 152 Å². The molecule has 24 heavy (non-hydrogen) atoms. The van der Waals surface area contributed by atoms with Crippen molar-refractivity contribution in [2.45, 2.75) is 32.2 Å². The van der Waals surface area contributed by atoms with E-state index in [2.05, 4.69) is 81.3 Å². The number of aryl methyl sites for hydroxylation is 1. The van der Waals surface area contributed by atoms with Crippen molar-refractivity contribution in [1.82, 2.24) is 9.88 Å². The van der Waals surface area contributed by atoms with E-state index in [0.717, 1.165) is 17.4 Å². The number of nitrogens with one attached hydrogen (secondary N) is 1. The Hall–Kier alpha value is -1.58. The molecule has 1 atom stereocenters. The Bertz CT molecular complexity index is 835. The average molecular weight is 383 g/mol. The summed E-state index contributed by atoms with van der Waals surface area (Å²) in [6.07, 6.45) is 3.69. The normalized spacial score (nSPS) is 18.5. The van der Waals surface area contributed by atoms with Gasteiger partial charge in [-0.25, -0.2) is 0 Å². The van der Waals surface area contributed by atoms with E-state index in [1.54, 1.807) is 0 Å². The smallest absolute Gasteiger partial charge is 0.0458 e. The fraction of sp³-hybridized carbons (Fsp3) is 0.333. The molecule has 1 aliphatic heterocycles. The molecule has 124 valence electrons. The van der Waals surface area contributed by atoms with Gasteiger partial charge in [-0.1, -0.05) is 46.3 Å². The number of nitrogens with zero attached hydrogens (tertiary/aromatic N) is 1. The molecule has 2 heterocycles. The number of likely N-dealkylation sites (tertiary alicyclic amines) is 1. The Morgan fingerprint density at radius 1 is 1.12 bits per heavy atom. The fourth-order valence-electron chi connectivity index (χ4n) is 4.07. The van der Waals surface area contributed by atoms with Gasteiger partial charge in [0.15, 0.2) is 0 Å². The van der Waals surface area contributed by atoms with Crippen LogP contribution < -0.4 is 0 Å². The van der Waals surface area contributed by atoms with E-state index >= 15 is 0 Å². The molecule has 0 amide bonds. The Kier molecular flexibility index (Phi) is 4.47. The van der Waals surface area contributed by atoms with Gasteiger partial charge in [0.05, 0.1) is 0 Å². The van der Waals surface area contributed by atoms with Crippen LogP contribution in [0.2, 0.25) is 0 Å². The molecule has 0 aliphatic carbocycles. The van der Waals surface area contributed by atoms with Gasteiger partial charge in [0, 0.05) is 33.7 Å². The van der Waals surface area contributed by atoms with Gasteiger partial charge in [-0.3, -0.25) is 4.90 Å². The van der Waals surface area contributed by atoms with Gasteiger partial charge >= 0.3 is 0 Å². The molecule has 0 unspecified atom stereocenters. The fourth-order valence-corrected chi connectivity index (χ4v) is 4.33. The van der Waals surface area contributed by atoms with Crippen molar-refractivity contribution in [2.75, 3.05) is 13.1 Å². The lowest BCUT2D eigenvalue weighted by Crippen LogP contribution is -2.25. The van der Waals surface area contributed by atoms with Crippen LogP contribution in [-0.4, -0.2) is 23.0 Å². The van der Waals surface area contributed by atoms with E-state index in [4.69, 9.17) is 0 Å². The molecule has 1 aliphatic rings. The zero-order valence-electron chi connectivity index (χ0n) is 14.1. The maximum atomic E-state index is 3.54. The molecule has 0 radical (unpaired) electrons. The topological polar surface area (TPSA) is 19.0 Å². The summed E-state index contributed by atoms with van der Waals surface area (Å²) in [7, 11) is 0. The predicted molar refractivity (Wildman–Crippen MR) is 104 cm³/mol. The maximum Gasteiger partial charge on any atom is 0.0458 e. The van der Waals surface area contributed by atoms with E-state index < -0.39 is 0 Å². The Balaban J connectivity index is 1.52. The SMILES string of the molecule is Cc1[nH]c2ccccc2c1CCN1CCC[C@@H]1c1ccc(Br)cc1. The van der Waals surface area contributed by atoms with Crippen molar-refractivity contribution >= 4 is 26.8 Å². The Morgan fingerprint density at radius 2 is 1.92 bits per heavy atom. The number of benzene rings is 2. The zero-order chi connectivity index (χ0) is 16.5. The minimum Gasteiger partial charge on any atom is -0.358 e. The second-order valence-electron chi connectivity index (χ2n) is 6.77. The number of hydrogen-bond acceptors (Lipinski definition) is 1. The van der Waals surface area contributed by atoms with Crippen LogP contribution >= 0.6 is 15.9 Å². The second-order valence-corrected chi connectivity index (χ2v) is 7.69. The maximum absolute atomic E-state index is 3.54. The Morgan fingerprint density at radius 3 is 2.75 bits per heavy atom. The molecular formula is C21H23BrN2. The zero-order valence-corrected chi connectivity index (χ0v) is 15.6. The highest BCUT2D eigenvalue weighted by atomic mass is 79.9. The van der Waals surface area contributed by atoms with Crippen LogP contribution in [0.4, 0.5) is 0 Å². The lowest BCUT2D eigenvalue weighted by atomic mass is 10.0. The van der Waals surface area contributed by atoms with E-state index in [0.29, 0.717) is 6.04 Å². The van der Waals surface area contributed by atoms with Gasteiger partial charge in [0.2, 0.25) is 0 Å². The van der Waals surface area contributed by atoms with Gasteiger partial charge < -0.3 is 4.98 Å². The standard InChI is InChI=1S/C21H23BrN2/c1-15-18(19-5-2-3-6-20(19)23-15)12-14-24-13-4-7-21(24)16-8-10-17(22)11-9-16/h2-3,5-6,8-11,21,23H,4,7,12-14H2,1H3/t21-/m1/s1. The number of aromatic amines is 1. The van der Waals surface area contributed by atoms with Crippen LogP contribution in [0.1, 0.15) is 35.7 Å². The number of halogens is 1. The molecule has 0 saturated carbocycles. The van der Waals surface area contributed by atoms with E-state index in [9.17, 15) is 0 Å². The van der Waals surface area contributed by atoms with Crippen molar-refractivity contribution in [3.8, 4) is 0 Å². The summed E-state index contributed by atoms with van der Waals surface area (Å²) in [6.45, 7) is 4.54. The number of fused-ring (bicyclic) bond motifs is 1. The summed E-state index contributed by atoms with van der Waals surface area (Å²) >= 11 is 3.54. The molecule has 0 spiro atoms. The summed E-state index contributed by atoms with van der Waals surface area (Å²) < 4.78 is 1.16. The van der Waals surface area contributed by atoms with Crippen LogP contribution in [-0.2, 0) is 6.42 Å². The molecule has 2 nitrogen and oxygen atoms in total. The van der Waals surface area contributed by atoms with Crippen LogP contribution in [0.25, 0.3) is 10.9 Å². The van der Waals surface area contributed by atoms with Gasteiger partial charge in [-0.05, 0) is 62.1 Å². The molecule has 4 rings (SSSR count). The molecule has 1 saturated heterocycles. The van der Waals surface area contributed by atoms with Crippen LogP contribution in [0, 0.1) is 6.92 Å². The largest absolute Gasteiger partial charge is 0.358 e. The predicted octanol–water partition coefficient (Wildman–Crippen LogP) is 5.62. The van der Waals surface area contributed by atoms with Crippen LogP contribution in [0.3, 0.4) is 0 Å². The van der Waals surface area contributed by atoms with Gasteiger partial charge in [0.25, 0.3) is 0 Å². The molecule has 0 bridgehead atoms. The summed E-state index contributed by atoms with van der Waals surface area (Å²) in [4.78, 5) is 6.19. The minimum atomic E-state index is 0.573. The van der Waals surface area contributed by atoms with Gasteiger partial charge in [-0.15, -0.1) is 0 Å². The number of rotatable bonds is 4. The van der Waals surface area contributed by atoms with Gasteiger partial charge in [-0.2, -0.15) is 0 Å². The third-order valence-corrected chi connectivity index (χ3v) is 5.82. The van der Waals surface area contributed by atoms with Crippen molar-refractivity contribution in [1.29, 1.82) is 0 Å². The highest BCUT2D eigenvalue weighted by molar-refractivity contribution is 9.10. The van der Waals surface area contributed by atoms with E-state index in [1.165, 1.54) is 47.1 Å². The summed E-state index contributed by atoms with van der Waals surface area (Å²) in [6, 6.07) is 18.1. The number of aromatic nitrogens is 1. The van der Waals surface area contributed by atoms with Crippen molar-refractivity contribution in [3.05, 3.63) is 69.8 Å². The van der Waals surface area contributed by atoms with Gasteiger partial charge in [0.1, 0.15) is 0 Å². The number of para-hydroxylation sites is 1. The molecule has 1 aromatic heterocycles. The van der Waals surface area contributed by atoms with E-state index in [-0.39, 0.29) is 0 Å². The third-order valence-electron chi connectivity index (χ3n) is 5.29. The third kappa shape index (κ3) is 3.03. The van der Waals surface area contributed by atoms with Crippen molar-refractivity contribution in [2.24, 2.45) is 0 Å². The highest BCUT2D eigenvalue weighted by Crippen LogP contribution is 2.33. The van der Waals surface area contributed by atoms with Crippen molar-refractivity contribution < 1.29 is 0 Å². The molecule has 2 aromatic carbocycles. The van der Waals surface area contributed by atoms with E-state index in [1.807, 2.05) is 0 Å². The first-order chi connectivity index (χ1) is 11.7. The average Bonchev–Trinajstić information content (AvgIpc) is 3.17. The lowest BCUT2D eigenvalue weighted by molar-refractivity contribution is 0.260. The lowest BCUT2D eigenvalue weighted by Gasteiger charge is -2.25. The molecule has 3 aromatic rings. The monoisotopic (exact) mass is 382 g/mol. The molecular weight excluding hydrogens is 360 g/mol. The highest BCUT2D eigenvalue weighted by Gasteiger charge is 2.25. The second kappa shape index (κ2) is 6.73. The first kappa shape index (κ1) is 15.9. The summed E-state index contributed by atoms with van der Waals surface area (Å²) in [5.41, 5.74) is 5.50. The van der Waals surface area contributed by atoms with Crippen molar-refractivity contribution in [3.63, 3.8) is 0 Å². The molecule has 3 heteroatoms. The summed E-state index contributed by atoms with van der Waals surface area (Å²) in [5.74, 6) is 0. The molecule has 1 N–H and O–H groups in total.